The zero-order chi connectivity index (χ0) is 18.0. The SMILES string of the molecule is Cc1ccc(N2CCN(S(=O)(=O)c3ccc(C#N)cc3)CC2)c(C)c1. The van der Waals surface area contributed by atoms with Crippen LogP contribution in [0, 0.1) is 25.2 Å². The second-order valence-electron chi connectivity index (χ2n) is 6.32. The van der Waals surface area contributed by atoms with Gasteiger partial charge in [-0.05, 0) is 49.7 Å². The van der Waals surface area contributed by atoms with Gasteiger partial charge in [-0.3, -0.25) is 0 Å². The van der Waals surface area contributed by atoms with Crippen molar-refractivity contribution in [3.05, 3.63) is 59.2 Å². The number of nitriles is 1. The molecule has 1 aliphatic heterocycles. The predicted molar refractivity (Wildman–Crippen MR) is 98.0 cm³/mol. The van der Waals surface area contributed by atoms with E-state index in [-0.39, 0.29) is 4.90 Å². The fraction of sp³-hybridized carbons (Fsp3) is 0.316. The second-order valence-corrected chi connectivity index (χ2v) is 8.26. The summed E-state index contributed by atoms with van der Waals surface area (Å²) < 4.78 is 27.1. The normalized spacial score (nSPS) is 15.8. The number of piperazine rings is 1. The lowest BCUT2D eigenvalue weighted by Crippen LogP contribution is -2.48. The molecule has 0 radical (unpaired) electrons. The molecule has 1 heterocycles. The molecule has 0 spiro atoms. The van der Waals surface area contributed by atoms with E-state index in [1.165, 1.54) is 33.3 Å². The van der Waals surface area contributed by atoms with E-state index >= 15 is 0 Å². The van der Waals surface area contributed by atoms with Crippen LogP contribution in [0.1, 0.15) is 16.7 Å². The summed E-state index contributed by atoms with van der Waals surface area (Å²) in [5.74, 6) is 0. The molecule has 0 aromatic heterocycles. The second kappa shape index (κ2) is 6.87. The van der Waals surface area contributed by atoms with Crippen molar-refractivity contribution in [2.75, 3.05) is 31.1 Å². The first kappa shape index (κ1) is 17.5. The monoisotopic (exact) mass is 355 g/mol. The van der Waals surface area contributed by atoms with Gasteiger partial charge in [-0.25, -0.2) is 8.42 Å². The first-order valence-corrected chi connectivity index (χ1v) is 9.68. The van der Waals surface area contributed by atoms with Crippen LogP contribution in [0.3, 0.4) is 0 Å². The van der Waals surface area contributed by atoms with Gasteiger partial charge in [-0.2, -0.15) is 9.57 Å². The Morgan fingerprint density at radius 3 is 2.16 bits per heavy atom. The molecule has 5 nitrogen and oxygen atoms in total. The number of nitrogens with zero attached hydrogens (tertiary/aromatic N) is 3. The minimum absolute atomic E-state index is 0.242. The van der Waals surface area contributed by atoms with Gasteiger partial charge < -0.3 is 4.90 Å². The third-order valence-electron chi connectivity index (χ3n) is 4.55. The fourth-order valence-electron chi connectivity index (χ4n) is 3.18. The van der Waals surface area contributed by atoms with E-state index in [9.17, 15) is 8.42 Å². The highest BCUT2D eigenvalue weighted by Gasteiger charge is 2.28. The van der Waals surface area contributed by atoms with Gasteiger partial charge in [0.25, 0.3) is 0 Å². The largest absolute Gasteiger partial charge is 0.369 e. The van der Waals surface area contributed by atoms with Gasteiger partial charge in [-0.15, -0.1) is 0 Å². The maximum Gasteiger partial charge on any atom is 0.243 e. The summed E-state index contributed by atoms with van der Waals surface area (Å²) in [5.41, 5.74) is 4.06. The maximum atomic E-state index is 12.8. The molecule has 3 rings (SSSR count). The zero-order valence-electron chi connectivity index (χ0n) is 14.4. The number of rotatable bonds is 3. The van der Waals surface area contributed by atoms with Crippen LogP contribution in [-0.2, 0) is 10.0 Å². The highest BCUT2D eigenvalue weighted by atomic mass is 32.2. The first-order chi connectivity index (χ1) is 11.9. The van der Waals surface area contributed by atoms with Crippen LogP contribution < -0.4 is 4.90 Å². The smallest absolute Gasteiger partial charge is 0.243 e. The molecule has 2 aromatic rings. The van der Waals surface area contributed by atoms with E-state index in [0.717, 1.165) is 0 Å². The molecule has 0 bridgehead atoms. The molecule has 130 valence electrons. The summed E-state index contributed by atoms with van der Waals surface area (Å²) in [6.07, 6.45) is 0. The Bertz CT molecular complexity index is 907. The number of anilines is 1. The molecule has 0 unspecified atom stereocenters. The molecule has 1 saturated heterocycles. The van der Waals surface area contributed by atoms with Crippen LogP contribution in [0.4, 0.5) is 5.69 Å². The molecule has 6 heteroatoms. The molecule has 0 N–H and O–H groups in total. The molecule has 1 fully saturated rings. The van der Waals surface area contributed by atoms with Crippen molar-refractivity contribution in [2.45, 2.75) is 18.7 Å². The van der Waals surface area contributed by atoms with Crippen molar-refractivity contribution in [1.82, 2.24) is 4.31 Å². The Balaban J connectivity index is 1.73. The quantitative estimate of drug-likeness (QED) is 0.849. The van der Waals surface area contributed by atoms with E-state index in [1.807, 2.05) is 6.07 Å². The average Bonchev–Trinajstić information content (AvgIpc) is 2.62. The Morgan fingerprint density at radius 2 is 1.60 bits per heavy atom. The van der Waals surface area contributed by atoms with Crippen LogP contribution in [0.2, 0.25) is 0 Å². The van der Waals surface area contributed by atoms with E-state index in [4.69, 9.17) is 5.26 Å². The third-order valence-corrected chi connectivity index (χ3v) is 6.47. The average molecular weight is 355 g/mol. The highest BCUT2D eigenvalue weighted by molar-refractivity contribution is 7.89. The van der Waals surface area contributed by atoms with Gasteiger partial charge in [0, 0.05) is 31.9 Å². The number of sulfonamides is 1. The summed E-state index contributed by atoms with van der Waals surface area (Å²) in [5, 5.41) is 8.84. The number of hydrogen-bond acceptors (Lipinski definition) is 4. The number of benzene rings is 2. The van der Waals surface area contributed by atoms with E-state index < -0.39 is 10.0 Å². The number of hydrogen-bond donors (Lipinski definition) is 0. The maximum absolute atomic E-state index is 12.8. The van der Waals surface area contributed by atoms with Crippen molar-refractivity contribution >= 4 is 15.7 Å². The van der Waals surface area contributed by atoms with Crippen molar-refractivity contribution in [2.24, 2.45) is 0 Å². The summed E-state index contributed by atoms with van der Waals surface area (Å²) in [7, 11) is -3.51. The molecule has 2 aromatic carbocycles. The lowest BCUT2D eigenvalue weighted by Gasteiger charge is -2.36. The summed E-state index contributed by atoms with van der Waals surface area (Å²) in [4.78, 5) is 2.48. The van der Waals surface area contributed by atoms with Crippen molar-refractivity contribution in [1.29, 1.82) is 5.26 Å². The molecule has 0 aliphatic carbocycles. The Labute approximate surface area is 149 Å². The van der Waals surface area contributed by atoms with Crippen LogP contribution in [0.5, 0.6) is 0 Å². The molecule has 1 aliphatic rings. The van der Waals surface area contributed by atoms with Gasteiger partial charge in [0.15, 0.2) is 0 Å². The van der Waals surface area contributed by atoms with Gasteiger partial charge in [0.2, 0.25) is 10.0 Å². The van der Waals surface area contributed by atoms with Gasteiger partial charge in [0.1, 0.15) is 0 Å². The lowest BCUT2D eigenvalue weighted by molar-refractivity contribution is 0.385. The summed E-state index contributed by atoms with van der Waals surface area (Å²) in [6, 6.07) is 14.4. The minimum Gasteiger partial charge on any atom is -0.369 e. The highest BCUT2D eigenvalue weighted by Crippen LogP contribution is 2.24. The van der Waals surface area contributed by atoms with Crippen LogP contribution in [0.25, 0.3) is 0 Å². The molecular weight excluding hydrogens is 334 g/mol. The summed E-state index contributed by atoms with van der Waals surface area (Å²) >= 11 is 0. The predicted octanol–water partition coefficient (Wildman–Crippen LogP) is 2.69. The fourth-order valence-corrected chi connectivity index (χ4v) is 4.60. The van der Waals surface area contributed by atoms with Crippen LogP contribution in [-0.4, -0.2) is 38.9 Å². The summed E-state index contributed by atoms with van der Waals surface area (Å²) in [6.45, 7) is 6.39. The Morgan fingerprint density at radius 1 is 0.960 bits per heavy atom. The van der Waals surface area contributed by atoms with Gasteiger partial charge in [-0.1, -0.05) is 17.7 Å². The number of aryl methyl sites for hydroxylation is 2. The Kier molecular flexibility index (Phi) is 4.80. The minimum atomic E-state index is -3.51. The molecular formula is C19H21N3O2S. The Hall–Kier alpha value is -2.36. The first-order valence-electron chi connectivity index (χ1n) is 8.24. The third kappa shape index (κ3) is 3.53. The van der Waals surface area contributed by atoms with E-state index in [1.54, 1.807) is 12.1 Å². The van der Waals surface area contributed by atoms with Gasteiger partial charge >= 0.3 is 0 Å². The molecule has 0 saturated carbocycles. The molecule has 0 atom stereocenters. The standard InChI is InChI=1S/C19H21N3O2S/c1-15-3-8-19(16(2)13-15)21-9-11-22(12-10-21)25(23,24)18-6-4-17(14-20)5-7-18/h3-8,13H,9-12H2,1-2H3. The zero-order valence-corrected chi connectivity index (χ0v) is 15.3. The molecule has 25 heavy (non-hydrogen) atoms. The lowest BCUT2D eigenvalue weighted by atomic mass is 10.1. The van der Waals surface area contributed by atoms with Crippen LogP contribution >= 0.6 is 0 Å². The van der Waals surface area contributed by atoms with E-state index in [0.29, 0.717) is 31.7 Å². The topological polar surface area (TPSA) is 64.4 Å². The molecule has 0 amide bonds. The van der Waals surface area contributed by atoms with Crippen LogP contribution in [0.15, 0.2) is 47.4 Å². The van der Waals surface area contributed by atoms with E-state index in [2.05, 4.69) is 36.9 Å². The van der Waals surface area contributed by atoms with Crippen molar-refractivity contribution < 1.29 is 8.42 Å². The van der Waals surface area contributed by atoms with Crippen molar-refractivity contribution in [3.63, 3.8) is 0 Å². The van der Waals surface area contributed by atoms with Gasteiger partial charge in [0.05, 0.1) is 16.5 Å². The van der Waals surface area contributed by atoms with Crippen molar-refractivity contribution in [3.8, 4) is 6.07 Å².